The number of rotatable bonds is 6. The molecule has 1 aliphatic heterocycles. The normalized spacial score (nSPS) is 14.3. The van der Waals surface area contributed by atoms with Crippen LogP contribution >= 0.6 is 11.8 Å². The minimum atomic E-state index is -0.0210. The average Bonchev–Trinajstić information content (AvgIpc) is 2.81. The minimum Gasteiger partial charge on any atom is -0.497 e. The van der Waals surface area contributed by atoms with Crippen molar-refractivity contribution in [2.75, 3.05) is 30.4 Å². The number of carbonyl (C=O) groups is 1. The maximum absolute atomic E-state index is 12.7. The third kappa shape index (κ3) is 5.35. The Kier molecular flexibility index (Phi) is 6.72. The van der Waals surface area contributed by atoms with Crippen molar-refractivity contribution in [2.24, 2.45) is 5.92 Å². The summed E-state index contributed by atoms with van der Waals surface area (Å²) >= 11 is 1.62. The molecular formula is C24H26N4O2S. The van der Waals surface area contributed by atoms with Crippen molar-refractivity contribution in [1.29, 1.82) is 0 Å². The number of methoxy groups -OCH3 is 1. The van der Waals surface area contributed by atoms with E-state index in [1.807, 2.05) is 24.3 Å². The number of aryl methyl sites for hydroxylation is 1. The van der Waals surface area contributed by atoms with Gasteiger partial charge in [-0.05, 0) is 44.0 Å². The van der Waals surface area contributed by atoms with Crippen molar-refractivity contribution >= 4 is 29.2 Å². The van der Waals surface area contributed by atoms with Crippen LogP contribution in [0.3, 0.4) is 0 Å². The Morgan fingerprint density at radius 3 is 2.58 bits per heavy atom. The largest absolute Gasteiger partial charge is 0.497 e. The van der Waals surface area contributed by atoms with Gasteiger partial charge in [-0.1, -0.05) is 35.5 Å². The number of amides is 1. The Balaban J connectivity index is 1.38. The van der Waals surface area contributed by atoms with E-state index in [1.165, 1.54) is 5.56 Å². The highest BCUT2D eigenvalue weighted by atomic mass is 32.2. The summed E-state index contributed by atoms with van der Waals surface area (Å²) in [5, 5.41) is 3.91. The first-order valence-electron chi connectivity index (χ1n) is 10.4. The molecule has 0 aliphatic carbocycles. The summed E-state index contributed by atoms with van der Waals surface area (Å²) < 4.78 is 5.23. The van der Waals surface area contributed by atoms with Gasteiger partial charge in [-0.25, -0.2) is 9.97 Å². The third-order valence-electron chi connectivity index (χ3n) is 5.38. The molecule has 1 aliphatic rings. The molecule has 0 unspecified atom stereocenters. The number of hydrogen-bond acceptors (Lipinski definition) is 6. The fraction of sp³-hybridized carbons (Fsp3) is 0.292. The quantitative estimate of drug-likeness (QED) is 0.601. The lowest BCUT2D eigenvalue weighted by atomic mass is 9.96. The van der Waals surface area contributed by atoms with E-state index in [-0.39, 0.29) is 11.8 Å². The SMILES string of the molecule is COc1cccc(NC(=O)C2CCN(c3nccnc3Sc3ccc(C)cc3)CC2)c1. The van der Waals surface area contributed by atoms with Crippen molar-refractivity contribution in [3.05, 3.63) is 66.5 Å². The summed E-state index contributed by atoms with van der Waals surface area (Å²) in [5.74, 6) is 1.65. The van der Waals surface area contributed by atoms with Crippen molar-refractivity contribution in [3.63, 3.8) is 0 Å². The Morgan fingerprint density at radius 1 is 1.10 bits per heavy atom. The van der Waals surface area contributed by atoms with Crippen LogP contribution in [0, 0.1) is 12.8 Å². The lowest BCUT2D eigenvalue weighted by Crippen LogP contribution is -2.38. The first-order chi connectivity index (χ1) is 15.1. The number of carbonyl (C=O) groups excluding carboxylic acids is 1. The van der Waals surface area contributed by atoms with Gasteiger partial charge in [-0.3, -0.25) is 4.79 Å². The number of benzene rings is 2. The summed E-state index contributed by atoms with van der Waals surface area (Å²) in [4.78, 5) is 25.3. The van der Waals surface area contributed by atoms with Gasteiger partial charge in [0.15, 0.2) is 5.82 Å². The molecule has 1 N–H and O–H groups in total. The molecule has 1 fully saturated rings. The minimum absolute atomic E-state index is 0.0210. The van der Waals surface area contributed by atoms with E-state index in [9.17, 15) is 4.79 Å². The van der Waals surface area contributed by atoms with Gasteiger partial charge in [0, 0.05) is 48.1 Å². The predicted molar refractivity (Wildman–Crippen MR) is 124 cm³/mol. The molecule has 0 radical (unpaired) electrons. The van der Waals surface area contributed by atoms with Crippen LogP contribution in [0.15, 0.2) is 70.8 Å². The third-order valence-corrected chi connectivity index (χ3v) is 6.37. The number of aromatic nitrogens is 2. The van der Waals surface area contributed by atoms with Crippen molar-refractivity contribution in [1.82, 2.24) is 9.97 Å². The Hall–Kier alpha value is -3.06. The summed E-state index contributed by atoms with van der Waals surface area (Å²) in [5.41, 5.74) is 2.00. The molecule has 4 rings (SSSR count). The number of hydrogen-bond donors (Lipinski definition) is 1. The van der Waals surface area contributed by atoms with E-state index in [0.717, 1.165) is 53.1 Å². The Morgan fingerprint density at radius 2 is 1.84 bits per heavy atom. The van der Waals surface area contributed by atoms with E-state index in [2.05, 4.69) is 51.4 Å². The van der Waals surface area contributed by atoms with Gasteiger partial charge >= 0.3 is 0 Å². The number of nitrogens with one attached hydrogen (secondary N) is 1. The molecule has 1 amide bonds. The second-order valence-corrected chi connectivity index (χ2v) is 8.64. The van der Waals surface area contributed by atoms with Crippen molar-refractivity contribution in [3.8, 4) is 5.75 Å². The molecule has 2 heterocycles. The van der Waals surface area contributed by atoms with Gasteiger partial charge in [-0.2, -0.15) is 0 Å². The molecule has 3 aromatic rings. The second kappa shape index (κ2) is 9.83. The molecule has 160 valence electrons. The molecule has 0 spiro atoms. The molecule has 0 saturated carbocycles. The fourth-order valence-electron chi connectivity index (χ4n) is 3.62. The van der Waals surface area contributed by atoms with E-state index >= 15 is 0 Å². The highest BCUT2D eigenvalue weighted by Gasteiger charge is 2.27. The van der Waals surface area contributed by atoms with Gasteiger partial charge in [0.1, 0.15) is 10.8 Å². The highest BCUT2D eigenvalue weighted by Crippen LogP contribution is 2.34. The van der Waals surface area contributed by atoms with Crippen LogP contribution in [0.5, 0.6) is 5.75 Å². The molecule has 2 aromatic carbocycles. The lowest BCUT2D eigenvalue weighted by Gasteiger charge is -2.32. The van der Waals surface area contributed by atoms with Crippen LogP contribution < -0.4 is 15.0 Å². The van der Waals surface area contributed by atoms with E-state index < -0.39 is 0 Å². The lowest BCUT2D eigenvalue weighted by molar-refractivity contribution is -0.120. The highest BCUT2D eigenvalue weighted by molar-refractivity contribution is 7.99. The maximum Gasteiger partial charge on any atom is 0.227 e. The number of ether oxygens (including phenoxy) is 1. The molecule has 6 nitrogen and oxygen atoms in total. The standard InChI is InChI=1S/C24H26N4O2S/c1-17-6-8-21(9-7-17)31-24-22(25-12-13-26-24)28-14-10-18(11-15-28)23(29)27-19-4-3-5-20(16-19)30-2/h3-9,12-13,16,18H,10-11,14-15H2,1-2H3,(H,27,29). The van der Waals surface area contributed by atoms with Crippen LogP contribution in [0.4, 0.5) is 11.5 Å². The molecule has 0 atom stereocenters. The zero-order valence-corrected chi connectivity index (χ0v) is 18.6. The van der Waals surface area contributed by atoms with Gasteiger partial charge in [0.05, 0.1) is 7.11 Å². The molecule has 1 saturated heterocycles. The zero-order chi connectivity index (χ0) is 21.6. The molecule has 0 bridgehead atoms. The van der Waals surface area contributed by atoms with Crippen LogP contribution in [0.25, 0.3) is 0 Å². The number of anilines is 2. The van der Waals surface area contributed by atoms with E-state index in [1.54, 1.807) is 31.3 Å². The summed E-state index contributed by atoms with van der Waals surface area (Å²) in [7, 11) is 1.62. The second-order valence-electron chi connectivity index (χ2n) is 7.58. The van der Waals surface area contributed by atoms with Crippen LogP contribution in [-0.2, 0) is 4.79 Å². The summed E-state index contributed by atoms with van der Waals surface area (Å²) in [6.07, 6.45) is 5.02. The number of nitrogens with zero attached hydrogens (tertiary/aromatic N) is 3. The topological polar surface area (TPSA) is 67.3 Å². The number of piperidine rings is 1. The Labute approximate surface area is 187 Å². The fourth-order valence-corrected chi connectivity index (χ4v) is 4.51. The van der Waals surface area contributed by atoms with Crippen LogP contribution in [0.1, 0.15) is 18.4 Å². The first kappa shape index (κ1) is 21.2. The van der Waals surface area contributed by atoms with Crippen LogP contribution in [-0.4, -0.2) is 36.1 Å². The van der Waals surface area contributed by atoms with Crippen molar-refractivity contribution in [2.45, 2.75) is 29.7 Å². The van der Waals surface area contributed by atoms with E-state index in [0.29, 0.717) is 0 Å². The van der Waals surface area contributed by atoms with Gasteiger partial charge in [0.2, 0.25) is 5.91 Å². The monoisotopic (exact) mass is 434 g/mol. The first-order valence-corrected chi connectivity index (χ1v) is 11.2. The summed E-state index contributed by atoms with van der Waals surface area (Å²) in [6, 6.07) is 15.9. The van der Waals surface area contributed by atoms with Crippen LogP contribution in [0.2, 0.25) is 0 Å². The molecule has 31 heavy (non-hydrogen) atoms. The molecule has 1 aromatic heterocycles. The van der Waals surface area contributed by atoms with Gasteiger partial charge < -0.3 is 15.0 Å². The zero-order valence-electron chi connectivity index (χ0n) is 17.7. The van der Waals surface area contributed by atoms with E-state index in [4.69, 9.17) is 4.74 Å². The van der Waals surface area contributed by atoms with Crippen molar-refractivity contribution < 1.29 is 9.53 Å². The Bertz CT molecular complexity index is 1030. The molecule has 7 heteroatoms. The van der Waals surface area contributed by atoms with Gasteiger partial charge in [-0.15, -0.1) is 0 Å². The predicted octanol–water partition coefficient (Wildman–Crippen LogP) is 4.80. The maximum atomic E-state index is 12.7. The smallest absolute Gasteiger partial charge is 0.227 e. The van der Waals surface area contributed by atoms with Gasteiger partial charge in [0.25, 0.3) is 0 Å². The summed E-state index contributed by atoms with van der Waals surface area (Å²) in [6.45, 7) is 3.63. The average molecular weight is 435 g/mol. The molecular weight excluding hydrogens is 408 g/mol.